The van der Waals surface area contributed by atoms with Gasteiger partial charge in [-0.15, -0.1) is 0 Å². The van der Waals surface area contributed by atoms with Crippen molar-refractivity contribution in [1.82, 2.24) is 5.32 Å². The lowest BCUT2D eigenvalue weighted by atomic mass is 9.97. The number of hydrogen-bond acceptors (Lipinski definition) is 13. The van der Waals surface area contributed by atoms with Crippen LogP contribution in [0.25, 0.3) is 0 Å². The Bertz CT molecular complexity index is 1770. The van der Waals surface area contributed by atoms with Gasteiger partial charge in [-0.25, -0.2) is 0 Å². The van der Waals surface area contributed by atoms with Crippen LogP contribution in [0, 0.1) is 0 Å². The first kappa shape index (κ1) is 94.6. The molecule has 0 aromatic rings. The van der Waals surface area contributed by atoms with Gasteiger partial charge in [-0.05, 0) is 44.9 Å². The van der Waals surface area contributed by atoms with Gasteiger partial charge in [0.05, 0.1) is 32.0 Å². The van der Waals surface area contributed by atoms with Gasteiger partial charge in [-0.3, -0.25) is 4.79 Å². The summed E-state index contributed by atoms with van der Waals surface area (Å²) in [5, 5.41) is 87.8. The fourth-order valence-corrected chi connectivity index (χ4v) is 14.8. The van der Waals surface area contributed by atoms with E-state index in [4.69, 9.17) is 18.9 Å². The van der Waals surface area contributed by atoms with Crippen molar-refractivity contribution in [3.05, 3.63) is 24.3 Å². The van der Waals surface area contributed by atoms with Crippen LogP contribution in [0.15, 0.2) is 24.3 Å². The van der Waals surface area contributed by atoms with E-state index in [0.717, 1.165) is 38.5 Å². The van der Waals surface area contributed by atoms with E-state index in [9.17, 15) is 45.6 Å². The quantitative estimate of drug-likeness (QED) is 0.0204. The van der Waals surface area contributed by atoms with Gasteiger partial charge in [0.15, 0.2) is 12.6 Å². The highest BCUT2D eigenvalue weighted by atomic mass is 16.7. The Morgan fingerprint density at radius 3 is 0.950 bits per heavy atom. The lowest BCUT2D eigenvalue weighted by Gasteiger charge is -2.46. The minimum atomic E-state index is -1.79. The molecule has 0 aliphatic carbocycles. The molecule has 1 amide bonds. The third kappa shape index (κ3) is 52.5. The van der Waals surface area contributed by atoms with Crippen LogP contribution in [-0.4, -0.2) is 140 Å². The minimum absolute atomic E-state index is 0.229. The van der Waals surface area contributed by atoms with Crippen molar-refractivity contribution in [3.8, 4) is 0 Å². The average molecular weight is 1420 g/mol. The monoisotopic (exact) mass is 1420 g/mol. The van der Waals surface area contributed by atoms with Crippen LogP contribution in [-0.2, 0) is 23.7 Å². The maximum absolute atomic E-state index is 13.4. The van der Waals surface area contributed by atoms with E-state index < -0.39 is 86.8 Å². The summed E-state index contributed by atoms with van der Waals surface area (Å²) in [6, 6.07) is -0.914. The number of rotatable bonds is 75. The van der Waals surface area contributed by atoms with Crippen LogP contribution in [0.4, 0.5) is 0 Å². The number of unbranched alkanes of at least 4 members (excludes halogenated alkanes) is 60. The summed E-state index contributed by atoms with van der Waals surface area (Å²) in [6.45, 7) is 2.88. The number of nitrogens with one attached hydrogen (secondary N) is 1. The standard InChI is InChI=1S/C86H165NO13/c1-3-5-7-9-11-13-15-17-19-21-23-25-27-29-31-33-35-36-37-38-40-42-44-46-48-50-52-54-56-58-60-62-64-66-68-70-78(91)87-74(73-97-85-83(96)81(94)84(77(72-89)99-85)100-86-82(95)80(93)79(92)76(71-88)98-86)75(90)69-67-65-63-61-59-57-55-53-51-49-47-45-43-41-39-34-32-30-28-26-24-22-20-18-16-14-12-10-8-6-4-2/h21,23,67,69,74-77,79-86,88-90,92-96H,3-20,22,24-66,68,70-73H2,1-2H3,(H,87,91)/b23-21-,69-67+. The van der Waals surface area contributed by atoms with Gasteiger partial charge in [-0.2, -0.15) is 0 Å². The molecule has 12 unspecified atom stereocenters. The lowest BCUT2D eigenvalue weighted by molar-refractivity contribution is -0.359. The number of carbonyl (C=O) groups excluding carboxylic acids is 1. The van der Waals surface area contributed by atoms with E-state index in [1.54, 1.807) is 6.08 Å². The third-order valence-corrected chi connectivity index (χ3v) is 21.6. The average Bonchev–Trinajstić information content (AvgIpc) is 0.790. The van der Waals surface area contributed by atoms with Crippen molar-refractivity contribution in [2.45, 2.75) is 498 Å². The molecule has 0 saturated carbocycles. The highest BCUT2D eigenvalue weighted by molar-refractivity contribution is 5.76. The van der Waals surface area contributed by atoms with E-state index in [1.165, 1.54) is 360 Å². The zero-order valence-corrected chi connectivity index (χ0v) is 65.2. The molecule has 2 aliphatic heterocycles. The van der Waals surface area contributed by atoms with Crippen molar-refractivity contribution in [1.29, 1.82) is 0 Å². The normalized spacial score (nSPS) is 21.9. The second-order valence-corrected chi connectivity index (χ2v) is 31.0. The lowest BCUT2D eigenvalue weighted by Crippen LogP contribution is -2.65. The fourth-order valence-electron chi connectivity index (χ4n) is 14.8. The van der Waals surface area contributed by atoms with E-state index in [0.29, 0.717) is 6.42 Å². The third-order valence-electron chi connectivity index (χ3n) is 21.6. The SMILES string of the molecule is CCCCCCCCCC/C=C\CCCCCCCCCCCCCCCCCCCCCCCCCC(=O)NC(COC1OC(CO)C(OC2OC(CO)C(O)C(O)C2O)C(O)C1O)C(O)/C=C/CCCCCCCCCCCCCCCCCCCCCCCCCCCCCCC. The summed E-state index contributed by atoms with van der Waals surface area (Å²) >= 11 is 0. The van der Waals surface area contributed by atoms with E-state index in [2.05, 4.69) is 31.3 Å². The maximum Gasteiger partial charge on any atom is 0.220 e. The Labute approximate surface area is 615 Å². The molecule has 0 spiro atoms. The largest absolute Gasteiger partial charge is 0.394 e. The molecular weight excluding hydrogens is 1250 g/mol. The molecular formula is C86H165NO13. The molecule has 592 valence electrons. The zero-order valence-electron chi connectivity index (χ0n) is 65.2. The second-order valence-electron chi connectivity index (χ2n) is 31.0. The first-order valence-electron chi connectivity index (χ1n) is 43.6. The maximum atomic E-state index is 13.4. The van der Waals surface area contributed by atoms with Crippen molar-refractivity contribution in [2.75, 3.05) is 19.8 Å². The molecule has 2 aliphatic rings. The van der Waals surface area contributed by atoms with Crippen molar-refractivity contribution in [2.24, 2.45) is 0 Å². The van der Waals surface area contributed by atoms with Crippen molar-refractivity contribution < 1.29 is 64.6 Å². The number of aliphatic hydroxyl groups is 8. The summed E-state index contributed by atoms with van der Waals surface area (Å²) < 4.78 is 23.0. The summed E-state index contributed by atoms with van der Waals surface area (Å²) in [5.41, 5.74) is 0. The Morgan fingerprint density at radius 1 is 0.350 bits per heavy atom. The number of hydrogen-bond donors (Lipinski definition) is 9. The number of aliphatic hydroxyl groups excluding tert-OH is 8. The molecule has 0 aromatic heterocycles. The highest BCUT2D eigenvalue weighted by Crippen LogP contribution is 2.31. The molecule has 100 heavy (non-hydrogen) atoms. The molecule has 0 radical (unpaired) electrons. The molecule has 9 N–H and O–H groups in total. The van der Waals surface area contributed by atoms with Crippen LogP contribution in [0.5, 0.6) is 0 Å². The molecule has 2 heterocycles. The van der Waals surface area contributed by atoms with Crippen molar-refractivity contribution in [3.63, 3.8) is 0 Å². The van der Waals surface area contributed by atoms with Crippen LogP contribution >= 0.6 is 0 Å². The second kappa shape index (κ2) is 70.5. The molecule has 2 rings (SSSR count). The smallest absolute Gasteiger partial charge is 0.220 e. The van der Waals surface area contributed by atoms with Gasteiger partial charge in [-0.1, -0.05) is 398 Å². The molecule has 2 fully saturated rings. The number of carbonyl (C=O) groups is 1. The number of allylic oxidation sites excluding steroid dienone is 3. The first-order chi connectivity index (χ1) is 49.1. The highest BCUT2D eigenvalue weighted by Gasteiger charge is 2.51. The predicted molar refractivity (Wildman–Crippen MR) is 415 cm³/mol. The van der Waals surface area contributed by atoms with E-state index in [-0.39, 0.29) is 18.9 Å². The van der Waals surface area contributed by atoms with Crippen LogP contribution in [0.3, 0.4) is 0 Å². The van der Waals surface area contributed by atoms with Crippen LogP contribution in [0.2, 0.25) is 0 Å². The van der Waals surface area contributed by atoms with Gasteiger partial charge in [0, 0.05) is 6.42 Å². The summed E-state index contributed by atoms with van der Waals surface area (Å²) in [5.74, 6) is -0.229. The zero-order chi connectivity index (χ0) is 72.2. The van der Waals surface area contributed by atoms with Crippen LogP contribution < -0.4 is 5.32 Å². The van der Waals surface area contributed by atoms with Gasteiger partial charge in [0.25, 0.3) is 0 Å². The van der Waals surface area contributed by atoms with Gasteiger partial charge >= 0.3 is 0 Å². The predicted octanol–water partition coefficient (Wildman–Crippen LogP) is 20.6. The Kier molecular flexibility index (Phi) is 66.6. The number of ether oxygens (including phenoxy) is 4. The molecule has 0 bridgehead atoms. The molecule has 0 aromatic carbocycles. The molecule has 14 nitrogen and oxygen atoms in total. The Morgan fingerprint density at radius 2 is 0.630 bits per heavy atom. The van der Waals surface area contributed by atoms with E-state index >= 15 is 0 Å². The van der Waals surface area contributed by atoms with Crippen molar-refractivity contribution >= 4 is 5.91 Å². The fraction of sp³-hybridized carbons (Fsp3) is 0.942. The number of amides is 1. The van der Waals surface area contributed by atoms with Crippen LogP contribution in [0.1, 0.15) is 425 Å². The summed E-state index contributed by atoms with van der Waals surface area (Å²) in [6.07, 6.45) is 75.7. The van der Waals surface area contributed by atoms with Gasteiger partial charge in [0.1, 0.15) is 48.8 Å². The molecule has 14 heteroatoms. The Balaban J connectivity index is 1.58. The molecule has 12 atom stereocenters. The summed E-state index contributed by atoms with van der Waals surface area (Å²) in [4.78, 5) is 13.4. The minimum Gasteiger partial charge on any atom is -0.394 e. The van der Waals surface area contributed by atoms with Gasteiger partial charge in [0.2, 0.25) is 5.91 Å². The molecule has 2 saturated heterocycles. The Hall–Kier alpha value is -1.53. The topological polar surface area (TPSA) is 228 Å². The van der Waals surface area contributed by atoms with Gasteiger partial charge < -0.3 is 65.1 Å². The van der Waals surface area contributed by atoms with E-state index in [1.807, 2.05) is 6.08 Å². The first-order valence-corrected chi connectivity index (χ1v) is 43.6. The summed E-state index contributed by atoms with van der Waals surface area (Å²) in [7, 11) is 0.